The maximum atomic E-state index is 13.5. The van der Waals surface area contributed by atoms with Gasteiger partial charge in [-0.2, -0.15) is 0 Å². The fraction of sp³-hybridized carbons (Fsp3) is 0.538. The van der Waals surface area contributed by atoms with Gasteiger partial charge in [0, 0.05) is 25.8 Å². The smallest absolute Gasteiger partial charge is 0.144 e. The Labute approximate surface area is 111 Å². The van der Waals surface area contributed by atoms with Gasteiger partial charge in [-0.05, 0) is 31.2 Å². The summed E-state index contributed by atoms with van der Waals surface area (Å²) in [5.74, 6) is 0.00652. The Balaban J connectivity index is 2.18. The average Bonchev–Trinajstić information content (AvgIpc) is 2.34. The number of rotatable bonds is 3. The number of anilines is 2. The van der Waals surface area contributed by atoms with Gasteiger partial charge in [0.05, 0.1) is 16.4 Å². The summed E-state index contributed by atoms with van der Waals surface area (Å²) in [7, 11) is 0. The maximum Gasteiger partial charge on any atom is 0.144 e. The molecule has 1 heterocycles. The van der Waals surface area contributed by atoms with E-state index >= 15 is 0 Å². The van der Waals surface area contributed by atoms with Crippen LogP contribution < -0.4 is 10.6 Å². The number of piperidine rings is 1. The molecular formula is C13H18ClFN2O. The summed E-state index contributed by atoms with van der Waals surface area (Å²) in [6.07, 6.45) is 2.92. The molecule has 1 aromatic rings. The molecule has 1 aliphatic rings. The average molecular weight is 273 g/mol. The molecule has 100 valence electrons. The summed E-state index contributed by atoms with van der Waals surface area (Å²) >= 11 is 5.70. The van der Waals surface area contributed by atoms with Crippen LogP contribution in [0.2, 0.25) is 5.02 Å². The molecule has 3 N–H and O–H groups in total. The van der Waals surface area contributed by atoms with Gasteiger partial charge >= 0.3 is 0 Å². The Kier molecular flexibility index (Phi) is 4.30. The van der Waals surface area contributed by atoms with Gasteiger partial charge in [0.25, 0.3) is 0 Å². The molecular weight excluding hydrogens is 255 g/mol. The lowest BCUT2D eigenvalue weighted by atomic mass is 9.94. The lowest BCUT2D eigenvalue weighted by Crippen LogP contribution is -2.36. The van der Waals surface area contributed by atoms with Crippen LogP contribution in [-0.4, -0.2) is 24.8 Å². The molecule has 3 nitrogen and oxygen atoms in total. The first-order valence-electron chi connectivity index (χ1n) is 6.22. The minimum Gasteiger partial charge on any atom is -0.397 e. The van der Waals surface area contributed by atoms with Crippen LogP contribution in [0.25, 0.3) is 0 Å². The highest BCUT2D eigenvalue weighted by Crippen LogP contribution is 2.32. The van der Waals surface area contributed by atoms with Crippen LogP contribution in [0.3, 0.4) is 0 Å². The van der Waals surface area contributed by atoms with Crippen LogP contribution in [0.15, 0.2) is 12.1 Å². The molecule has 5 heteroatoms. The van der Waals surface area contributed by atoms with E-state index in [0.29, 0.717) is 17.3 Å². The lowest BCUT2D eigenvalue weighted by Gasteiger charge is -2.35. The molecule has 0 radical (unpaired) electrons. The summed E-state index contributed by atoms with van der Waals surface area (Å²) in [4.78, 5) is 2.08. The first kappa shape index (κ1) is 13.4. The second kappa shape index (κ2) is 5.76. The number of hydrogen-bond donors (Lipinski definition) is 2. The van der Waals surface area contributed by atoms with Crippen molar-refractivity contribution in [3.63, 3.8) is 0 Å². The molecule has 1 aliphatic heterocycles. The third-order valence-electron chi connectivity index (χ3n) is 3.47. The van der Waals surface area contributed by atoms with E-state index in [0.717, 1.165) is 32.4 Å². The van der Waals surface area contributed by atoms with Crippen LogP contribution >= 0.6 is 11.6 Å². The molecule has 1 unspecified atom stereocenters. The van der Waals surface area contributed by atoms with Crippen molar-refractivity contribution in [1.29, 1.82) is 0 Å². The standard InChI is InChI=1S/C13H18ClFN2O/c14-10-6-12(16)13(7-11(10)15)17-4-1-2-9(8-17)3-5-18/h6-7,9,18H,1-5,8,16H2. The number of halogens is 2. The van der Waals surface area contributed by atoms with Crippen LogP contribution in [-0.2, 0) is 0 Å². The molecule has 18 heavy (non-hydrogen) atoms. The summed E-state index contributed by atoms with van der Waals surface area (Å²) < 4.78 is 13.5. The second-order valence-electron chi connectivity index (χ2n) is 4.79. The fourth-order valence-electron chi connectivity index (χ4n) is 2.53. The highest BCUT2D eigenvalue weighted by molar-refractivity contribution is 6.31. The van der Waals surface area contributed by atoms with Crippen LogP contribution in [0, 0.1) is 11.7 Å². The third kappa shape index (κ3) is 2.87. The summed E-state index contributed by atoms with van der Waals surface area (Å²) in [5.41, 5.74) is 7.11. The van der Waals surface area contributed by atoms with Crippen molar-refractivity contribution in [2.45, 2.75) is 19.3 Å². The number of aliphatic hydroxyl groups excluding tert-OH is 1. The zero-order chi connectivity index (χ0) is 13.1. The van der Waals surface area contributed by atoms with Gasteiger partial charge in [0.1, 0.15) is 5.82 Å². The van der Waals surface area contributed by atoms with Crippen molar-refractivity contribution in [1.82, 2.24) is 0 Å². The second-order valence-corrected chi connectivity index (χ2v) is 5.20. The molecule has 0 saturated carbocycles. The predicted octanol–water partition coefficient (Wildman–Crippen LogP) is 2.66. The van der Waals surface area contributed by atoms with Gasteiger partial charge in [-0.25, -0.2) is 4.39 Å². The molecule has 1 atom stereocenters. The van der Waals surface area contributed by atoms with Gasteiger partial charge in [-0.3, -0.25) is 0 Å². The minimum atomic E-state index is -0.440. The van der Waals surface area contributed by atoms with Crippen LogP contribution in [0.1, 0.15) is 19.3 Å². The molecule has 0 spiro atoms. The number of benzene rings is 1. The molecule has 0 aromatic heterocycles. The number of nitrogens with zero attached hydrogens (tertiary/aromatic N) is 1. The predicted molar refractivity (Wildman–Crippen MR) is 72.5 cm³/mol. The summed E-state index contributed by atoms with van der Waals surface area (Å²) in [5, 5.41) is 9.05. The normalized spacial score (nSPS) is 20.2. The maximum absolute atomic E-state index is 13.5. The Hall–Kier alpha value is -1.00. The first-order valence-corrected chi connectivity index (χ1v) is 6.60. The fourth-order valence-corrected chi connectivity index (χ4v) is 2.70. The van der Waals surface area contributed by atoms with Crippen LogP contribution in [0.4, 0.5) is 15.8 Å². The van der Waals surface area contributed by atoms with E-state index in [-0.39, 0.29) is 11.6 Å². The molecule has 1 aromatic carbocycles. The van der Waals surface area contributed by atoms with Crippen molar-refractivity contribution >= 4 is 23.0 Å². The van der Waals surface area contributed by atoms with Crippen molar-refractivity contribution < 1.29 is 9.50 Å². The summed E-state index contributed by atoms with van der Waals surface area (Å²) in [6, 6.07) is 2.86. The number of aliphatic hydroxyl groups is 1. The van der Waals surface area contributed by atoms with E-state index < -0.39 is 5.82 Å². The molecule has 0 amide bonds. The van der Waals surface area contributed by atoms with Gasteiger partial charge in [0.2, 0.25) is 0 Å². The highest BCUT2D eigenvalue weighted by atomic mass is 35.5. The van der Waals surface area contributed by atoms with E-state index in [2.05, 4.69) is 4.90 Å². The minimum absolute atomic E-state index is 0.0557. The van der Waals surface area contributed by atoms with E-state index in [4.69, 9.17) is 22.4 Å². The number of nitrogen functional groups attached to an aromatic ring is 1. The van der Waals surface area contributed by atoms with Crippen molar-refractivity contribution in [3.8, 4) is 0 Å². The molecule has 2 rings (SSSR count). The Bertz CT molecular complexity index is 426. The van der Waals surface area contributed by atoms with E-state index in [1.807, 2.05) is 0 Å². The first-order chi connectivity index (χ1) is 8.61. The molecule has 0 aliphatic carbocycles. The topological polar surface area (TPSA) is 49.5 Å². The summed E-state index contributed by atoms with van der Waals surface area (Å²) in [6.45, 7) is 1.88. The van der Waals surface area contributed by atoms with Crippen molar-refractivity contribution in [3.05, 3.63) is 23.0 Å². The van der Waals surface area contributed by atoms with Gasteiger partial charge in [0.15, 0.2) is 0 Å². The largest absolute Gasteiger partial charge is 0.397 e. The van der Waals surface area contributed by atoms with Crippen molar-refractivity contribution in [2.75, 3.05) is 30.3 Å². The highest BCUT2D eigenvalue weighted by Gasteiger charge is 2.22. The third-order valence-corrected chi connectivity index (χ3v) is 3.76. The Morgan fingerprint density at radius 3 is 3.00 bits per heavy atom. The monoisotopic (exact) mass is 272 g/mol. The van der Waals surface area contributed by atoms with E-state index in [1.165, 1.54) is 12.1 Å². The van der Waals surface area contributed by atoms with Gasteiger partial charge < -0.3 is 15.7 Å². The zero-order valence-electron chi connectivity index (χ0n) is 10.2. The van der Waals surface area contributed by atoms with Gasteiger partial charge in [-0.15, -0.1) is 0 Å². The van der Waals surface area contributed by atoms with E-state index in [9.17, 15) is 4.39 Å². The van der Waals surface area contributed by atoms with E-state index in [1.54, 1.807) is 0 Å². The van der Waals surface area contributed by atoms with Crippen molar-refractivity contribution in [2.24, 2.45) is 5.92 Å². The van der Waals surface area contributed by atoms with Crippen LogP contribution in [0.5, 0.6) is 0 Å². The molecule has 1 fully saturated rings. The molecule has 0 bridgehead atoms. The quantitative estimate of drug-likeness (QED) is 0.832. The lowest BCUT2D eigenvalue weighted by molar-refractivity contribution is 0.244. The zero-order valence-corrected chi connectivity index (χ0v) is 11.0. The SMILES string of the molecule is Nc1cc(Cl)c(F)cc1N1CCCC(CCO)C1. The Morgan fingerprint density at radius 1 is 1.50 bits per heavy atom. The van der Waals surface area contributed by atoms with Gasteiger partial charge in [-0.1, -0.05) is 11.6 Å². The number of nitrogens with two attached hydrogens (primary N) is 1. The Morgan fingerprint density at radius 2 is 2.28 bits per heavy atom. The molecule has 1 saturated heterocycles. The number of hydrogen-bond acceptors (Lipinski definition) is 3.